The first kappa shape index (κ1) is 16.0. The summed E-state index contributed by atoms with van der Waals surface area (Å²) < 4.78 is 0. The first-order valence-electron chi connectivity index (χ1n) is 7.13. The molecule has 0 saturated carbocycles. The molecule has 1 aromatic heterocycles. The average Bonchev–Trinajstić information content (AvgIpc) is 2.77. The normalized spacial score (nSPS) is 11.2. The van der Waals surface area contributed by atoms with E-state index in [0.717, 1.165) is 19.3 Å². The fraction of sp³-hybridized carbons (Fsp3) is 0.562. The van der Waals surface area contributed by atoms with Crippen molar-refractivity contribution in [1.82, 2.24) is 0 Å². The van der Waals surface area contributed by atoms with Crippen LogP contribution in [0.5, 0.6) is 0 Å². The van der Waals surface area contributed by atoms with Gasteiger partial charge in [0.05, 0.1) is 0 Å². The van der Waals surface area contributed by atoms with Crippen molar-refractivity contribution in [2.45, 2.75) is 58.3 Å². The standard InChI is InChI=1S/C16H24O2S/c1-14-12-13-15(19-14)10-8-6-4-2-3-5-7-9-11-16(17)18/h8,10,12-13H,2-7,9,11H2,1H3,(H,17,18)/b10-8+. The quantitative estimate of drug-likeness (QED) is 0.592. The van der Waals surface area contributed by atoms with Gasteiger partial charge in [0.25, 0.3) is 0 Å². The molecule has 0 aliphatic heterocycles. The number of hydrogen-bond donors (Lipinski definition) is 1. The molecule has 0 bridgehead atoms. The zero-order chi connectivity index (χ0) is 13.9. The third-order valence-corrected chi connectivity index (χ3v) is 4.02. The molecule has 0 atom stereocenters. The van der Waals surface area contributed by atoms with Gasteiger partial charge >= 0.3 is 5.97 Å². The summed E-state index contributed by atoms with van der Waals surface area (Å²) in [6.45, 7) is 2.13. The Hall–Kier alpha value is -1.09. The van der Waals surface area contributed by atoms with Gasteiger partial charge in [-0.3, -0.25) is 4.79 Å². The van der Waals surface area contributed by atoms with E-state index in [1.165, 1.54) is 35.4 Å². The highest BCUT2D eigenvalue weighted by Gasteiger charge is 1.96. The second kappa shape index (κ2) is 9.79. The van der Waals surface area contributed by atoms with Crippen LogP contribution in [0.4, 0.5) is 0 Å². The van der Waals surface area contributed by atoms with Crippen molar-refractivity contribution < 1.29 is 9.90 Å². The van der Waals surface area contributed by atoms with Crippen LogP contribution in [0.1, 0.15) is 61.1 Å². The third kappa shape index (κ3) is 8.60. The molecule has 1 heterocycles. The molecule has 1 aromatic rings. The minimum absolute atomic E-state index is 0.322. The lowest BCUT2D eigenvalue weighted by Crippen LogP contribution is -1.93. The summed E-state index contributed by atoms with van der Waals surface area (Å²) in [5, 5.41) is 8.50. The molecule has 3 heteroatoms. The molecule has 0 aliphatic rings. The molecule has 0 aromatic carbocycles. The van der Waals surface area contributed by atoms with Crippen molar-refractivity contribution in [3.8, 4) is 0 Å². The Morgan fingerprint density at radius 2 is 1.84 bits per heavy atom. The van der Waals surface area contributed by atoms with Gasteiger partial charge in [0.15, 0.2) is 0 Å². The van der Waals surface area contributed by atoms with Crippen molar-refractivity contribution in [3.63, 3.8) is 0 Å². The Kier molecular flexibility index (Phi) is 8.23. The van der Waals surface area contributed by atoms with E-state index in [-0.39, 0.29) is 0 Å². The molecule has 19 heavy (non-hydrogen) atoms. The third-order valence-electron chi connectivity index (χ3n) is 3.05. The highest BCUT2D eigenvalue weighted by Crippen LogP contribution is 2.17. The van der Waals surface area contributed by atoms with Crippen LogP contribution in [-0.2, 0) is 4.79 Å². The number of aliphatic carboxylic acids is 1. The number of carboxylic acid groups (broad SMARTS) is 1. The Bertz CT molecular complexity index is 393. The maximum atomic E-state index is 10.3. The van der Waals surface area contributed by atoms with E-state index in [0.29, 0.717) is 6.42 Å². The predicted octanol–water partition coefficient (Wildman–Crippen LogP) is 5.28. The lowest BCUT2D eigenvalue weighted by Gasteiger charge is -1.99. The van der Waals surface area contributed by atoms with Crippen LogP contribution in [0.25, 0.3) is 6.08 Å². The minimum atomic E-state index is -0.672. The predicted molar refractivity (Wildman–Crippen MR) is 82.7 cm³/mol. The van der Waals surface area contributed by atoms with Gasteiger partial charge in [0, 0.05) is 16.2 Å². The number of thiophene rings is 1. The average molecular weight is 280 g/mol. The number of unbranched alkanes of at least 4 members (excludes halogenated alkanes) is 6. The summed E-state index contributed by atoms with van der Waals surface area (Å²) in [5.41, 5.74) is 0. The number of hydrogen-bond acceptors (Lipinski definition) is 2. The van der Waals surface area contributed by atoms with Crippen molar-refractivity contribution >= 4 is 23.4 Å². The van der Waals surface area contributed by atoms with E-state index in [9.17, 15) is 4.79 Å². The molecule has 0 saturated heterocycles. The van der Waals surface area contributed by atoms with Crippen LogP contribution in [0.2, 0.25) is 0 Å². The molecule has 0 spiro atoms. The number of allylic oxidation sites excluding steroid dienone is 1. The SMILES string of the molecule is Cc1ccc(/C=C/CCCCCCCCC(=O)O)s1. The van der Waals surface area contributed by atoms with Gasteiger partial charge in [-0.2, -0.15) is 0 Å². The molecule has 0 aliphatic carbocycles. The van der Waals surface area contributed by atoms with Gasteiger partial charge in [0.2, 0.25) is 0 Å². The van der Waals surface area contributed by atoms with Crippen molar-refractivity contribution in [2.75, 3.05) is 0 Å². The fourth-order valence-corrected chi connectivity index (χ4v) is 2.80. The molecule has 0 fully saturated rings. The zero-order valence-corrected chi connectivity index (χ0v) is 12.5. The first-order valence-corrected chi connectivity index (χ1v) is 7.95. The van der Waals surface area contributed by atoms with Crippen LogP contribution in [0, 0.1) is 6.92 Å². The molecule has 0 amide bonds. The minimum Gasteiger partial charge on any atom is -0.481 e. The maximum Gasteiger partial charge on any atom is 0.303 e. The van der Waals surface area contributed by atoms with Gasteiger partial charge < -0.3 is 5.11 Å². The van der Waals surface area contributed by atoms with Crippen LogP contribution in [0.15, 0.2) is 18.2 Å². The number of aryl methyl sites for hydroxylation is 1. The Morgan fingerprint density at radius 1 is 1.16 bits per heavy atom. The molecule has 2 nitrogen and oxygen atoms in total. The van der Waals surface area contributed by atoms with Gasteiger partial charge in [-0.1, -0.05) is 31.8 Å². The van der Waals surface area contributed by atoms with Crippen molar-refractivity contribution in [2.24, 2.45) is 0 Å². The van der Waals surface area contributed by atoms with Gasteiger partial charge in [-0.25, -0.2) is 0 Å². The second-order valence-corrected chi connectivity index (χ2v) is 6.22. The summed E-state index contributed by atoms with van der Waals surface area (Å²) in [5.74, 6) is -0.672. The van der Waals surface area contributed by atoms with E-state index >= 15 is 0 Å². The van der Waals surface area contributed by atoms with Gasteiger partial charge in [-0.15, -0.1) is 11.3 Å². The molecule has 1 rings (SSSR count). The van der Waals surface area contributed by atoms with E-state index < -0.39 is 5.97 Å². The summed E-state index contributed by atoms with van der Waals surface area (Å²) in [4.78, 5) is 13.0. The maximum absolute atomic E-state index is 10.3. The van der Waals surface area contributed by atoms with E-state index in [2.05, 4.69) is 31.2 Å². The number of carboxylic acids is 1. The monoisotopic (exact) mass is 280 g/mol. The molecule has 0 radical (unpaired) electrons. The summed E-state index contributed by atoms with van der Waals surface area (Å²) >= 11 is 1.83. The summed E-state index contributed by atoms with van der Waals surface area (Å²) in [6.07, 6.45) is 12.7. The topological polar surface area (TPSA) is 37.3 Å². The lowest BCUT2D eigenvalue weighted by molar-refractivity contribution is -0.137. The van der Waals surface area contributed by atoms with Crippen LogP contribution in [-0.4, -0.2) is 11.1 Å². The van der Waals surface area contributed by atoms with Crippen molar-refractivity contribution in [3.05, 3.63) is 28.0 Å². The second-order valence-electron chi connectivity index (χ2n) is 4.90. The Morgan fingerprint density at radius 3 is 2.47 bits per heavy atom. The molecular formula is C16H24O2S. The number of carbonyl (C=O) groups is 1. The molecule has 106 valence electrons. The number of rotatable bonds is 10. The summed E-state index contributed by atoms with van der Waals surface area (Å²) in [7, 11) is 0. The Balaban J connectivity index is 1.91. The van der Waals surface area contributed by atoms with Gasteiger partial charge in [0.1, 0.15) is 0 Å². The Labute approximate surface area is 120 Å². The molecule has 0 unspecified atom stereocenters. The largest absolute Gasteiger partial charge is 0.481 e. The lowest BCUT2D eigenvalue weighted by atomic mass is 10.1. The van der Waals surface area contributed by atoms with Crippen LogP contribution in [0.3, 0.4) is 0 Å². The smallest absolute Gasteiger partial charge is 0.303 e. The first-order chi connectivity index (χ1) is 9.18. The fourth-order valence-electron chi connectivity index (χ4n) is 1.99. The summed E-state index contributed by atoms with van der Waals surface area (Å²) in [6, 6.07) is 4.32. The van der Waals surface area contributed by atoms with E-state index in [1.54, 1.807) is 0 Å². The van der Waals surface area contributed by atoms with E-state index in [1.807, 2.05) is 11.3 Å². The van der Waals surface area contributed by atoms with Gasteiger partial charge in [-0.05, 0) is 44.4 Å². The molecular weight excluding hydrogens is 256 g/mol. The van der Waals surface area contributed by atoms with E-state index in [4.69, 9.17) is 5.11 Å². The highest BCUT2D eigenvalue weighted by molar-refractivity contribution is 7.12. The van der Waals surface area contributed by atoms with Crippen LogP contribution < -0.4 is 0 Å². The van der Waals surface area contributed by atoms with Crippen molar-refractivity contribution in [1.29, 1.82) is 0 Å². The van der Waals surface area contributed by atoms with Crippen LogP contribution >= 0.6 is 11.3 Å². The highest BCUT2D eigenvalue weighted by atomic mass is 32.1. The zero-order valence-electron chi connectivity index (χ0n) is 11.7. The molecule has 1 N–H and O–H groups in total.